The maximum Gasteiger partial charge on any atom is 0.0788 e. The largest absolute Gasteiger partial charge is 0.373 e. The third-order valence-electron chi connectivity index (χ3n) is 3.52. The van der Waals surface area contributed by atoms with Crippen molar-refractivity contribution >= 4 is 18.0 Å². The Labute approximate surface area is 113 Å². The van der Waals surface area contributed by atoms with Gasteiger partial charge in [0.15, 0.2) is 0 Å². The normalized spacial score (nSPS) is 20.2. The van der Waals surface area contributed by atoms with Crippen molar-refractivity contribution in [1.29, 1.82) is 0 Å². The number of hydrogen-bond acceptors (Lipinski definition) is 3. The third-order valence-corrected chi connectivity index (χ3v) is 4.87. The lowest BCUT2D eigenvalue weighted by Gasteiger charge is -2.33. The first kappa shape index (κ1) is 11.8. The van der Waals surface area contributed by atoms with Crippen LogP contribution in [0.25, 0.3) is 0 Å². The summed E-state index contributed by atoms with van der Waals surface area (Å²) in [6.07, 6.45) is 6.64. The second kappa shape index (κ2) is 5.61. The van der Waals surface area contributed by atoms with Crippen molar-refractivity contribution in [1.82, 2.24) is 4.90 Å². The molecule has 0 amide bonds. The van der Waals surface area contributed by atoms with Crippen LogP contribution in [0.1, 0.15) is 12.8 Å². The Kier molecular flexibility index (Phi) is 3.69. The van der Waals surface area contributed by atoms with Gasteiger partial charge in [-0.1, -0.05) is 18.2 Å². The van der Waals surface area contributed by atoms with Gasteiger partial charge in [-0.15, -0.1) is 11.8 Å². The summed E-state index contributed by atoms with van der Waals surface area (Å²) in [6, 6.07) is 10.8. The van der Waals surface area contributed by atoms with Gasteiger partial charge in [-0.05, 0) is 31.1 Å². The molecule has 0 aliphatic carbocycles. The predicted octanol–water partition coefficient (Wildman–Crippen LogP) is 3.21. The predicted molar refractivity (Wildman–Crippen MR) is 78.3 cm³/mol. The van der Waals surface area contributed by atoms with E-state index in [2.05, 4.69) is 46.3 Å². The number of hydrogen-bond donors (Lipinski definition) is 0. The first-order valence-electron chi connectivity index (χ1n) is 6.57. The summed E-state index contributed by atoms with van der Waals surface area (Å²) >= 11 is 2.03. The zero-order valence-electron chi connectivity index (χ0n) is 10.5. The molecule has 0 radical (unpaired) electrons. The second-order valence-electron chi connectivity index (χ2n) is 4.77. The molecule has 18 heavy (non-hydrogen) atoms. The van der Waals surface area contributed by atoms with Gasteiger partial charge in [0.1, 0.15) is 0 Å². The number of nitrogens with zero attached hydrogens (tertiary/aromatic N) is 2. The Morgan fingerprint density at radius 1 is 1.11 bits per heavy atom. The van der Waals surface area contributed by atoms with Gasteiger partial charge in [0.2, 0.25) is 0 Å². The molecule has 0 spiro atoms. The SMILES string of the molecule is C1=NCC(N2CCC(Sc3ccccc3)CC2)=C1. The van der Waals surface area contributed by atoms with Gasteiger partial charge in [-0.25, -0.2) is 0 Å². The molecular weight excluding hydrogens is 240 g/mol. The van der Waals surface area contributed by atoms with Crippen molar-refractivity contribution in [2.24, 2.45) is 4.99 Å². The number of thioether (sulfide) groups is 1. The molecule has 1 aromatic carbocycles. The summed E-state index contributed by atoms with van der Waals surface area (Å²) in [7, 11) is 0. The summed E-state index contributed by atoms with van der Waals surface area (Å²) < 4.78 is 0. The molecule has 0 aromatic heterocycles. The van der Waals surface area contributed by atoms with E-state index >= 15 is 0 Å². The van der Waals surface area contributed by atoms with Crippen LogP contribution >= 0.6 is 11.8 Å². The quantitative estimate of drug-likeness (QED) is 0.827. The van der Waals surface area contributed by atoms with Crippen molar-refractivity contribution in [2.45, 2.75) is 23.0 Å². The molecule has 2 heterocycles. The maximum atomic E-state index is 4.26. The number of rotatable bonds is 3. The molecule has 0 N–H and O–H groups in total. The molecule has 1 aromatic rings. The molecule has 3 heteroatoms. The Balaban J connectivity index is 1.51. The summed E-state index contributed by atoms with van der Waals surface area (Å²) in [4.78, 5) is 8.16. The van der Waals surface area contributed by atoms with Crippen LogP contribution in [0.2, 0.25) is 0 Å². The highest BCUT2D eigenvalue weighted by Gasteiger charge is 2.21. The Hall–Kier alpha value is -1.22. The Morgan fingerprint density at radius 3 is 2.56 bits per heavy atom. The standard InChI is InChI=1S/C15H18N2S/c1-2-4-14(5-3-1)18-15-7-10-17(11-8-15)13-6-9-16-12-13/h1-6,9,15H,7-8,10-12H2. The number of allylic oxidation sites excluding steroid dienone is 1. The van der Waals surface area contributed by atoms with Crippen LogP contribution < -0.4 is 0 Å². The molecule has 1 saturated heterocycles. The Bertz CT molecular complexity index is 445. The highest BCUT2D eigenvalue weighted by molar-refractivity contribution is 8.00. The average molecular weight is 258 g/mol. The van der Waals surface area contributed by atoms with Gasteiger partial charge >= 0.3 is 0 Å². The number of aliphatic imine (C=N–C) groups is 1. The lowest BCUT2D eigenvalue weighted by atomic mass is 10.1. The molecule has 2 nitrogen and oxygen atoms in total. The smallest absolute Gasteiger partial charge is 0.0788 e. The van der Waals surface area contributed by atoms with Crippen LogP contribution in [0.15, 0.2) is 52.0 Å². The molecule has 0 unspecified atom stereocenters. The molecular formula is C15H18N2S. The van der Waals surface area contributed by atoms with E-state index < -0.39 is 0 Å². The first-order valence-corrected chi connectivity index (χ1v) is 7.45. The third kappa shape index (κ3) is 2.78. The summed E-state index contributed by atoms with van der Waals surface area (Å²) in [5.74, 6) is 0. The lowest BCUT2D eigenvalue weighted by Crippen LogP contribution is -2.34. The van der Waals surface area contributed by atoms with Crippen molar-refractivity contribution in [2.75, 3.05) is 19.6 Å². The minimum Gasteiger partial charge on any atom is -0.373 e. The van der Waals surface area contributed by atoms with E-state index in [1.165, 1.54) is 36.5 Å². The fourth-order valence-electron chi connectivity index (χ4n) is 2.50. The monoisotopic (exact) mass is 258 g/mol. The van der Waals surface area contributed by atoms with Gasteiger partial charge in [-0.3, -0.25) is 4.99 Å². The number of benzene rings is 1. The lowest BCUT2D eigenvalue weighted by molar-refractivity contribution is 0.289. The van der Waals surface area contributed by atoms with E-state index in [0.29, 0.717) is 0 Å². The zero-order valence-corrected chi connectivity index (χ0v) is 11.3. The van der Waals surface area contributed by atoms with Crippen LogP contribution in [0, 0.1) is 0 Å². The van der Waals surface area contributed by atoms with Gasteiger partial charge in [0.25, 0.3) is 0 Å². The number of piperidine rings is 1. The van der Waals surface area contributed by atoms with E-state index in [1.54, 1.807) is 0 Å². The zero-order chi connectivity index (χ0) is 12.2. The van der Waals surface area contributed by atoms with Crippen LogP contribution in [-0.2, 0) is 0 Å². The topological polar surface area (TPSA) is 15.6 Å². The van der Waals surface area contributed by atoms with Crippen molar-refractivity contribution in [3.05, 3.63) is 42.1 Å². The molecule has 2 aliphatic rings. The summed E-state index contributed by atoms with van der Waals surface area (Å²) in [6.45, 7) is 3.25. The molecule has 0 bridgehead atoms. The van der Waals surface area contributed by atoms with E-state index in [9.17, 15) is 0 Å². The van der Waals surface area contributed by atoms with Gasteiger partial charge in [0.05, 0.1) is 6.54 Å². The average Bonchev–Trinajstić information content (AvgIpc) is 2.95. The van der Waals surface area contributed by atoms with Crippen LogP contribution in [-0.4, -0.2) is 36.0 Å². The van der Waals surface area contributed by atoms with E-state index in [-0.39, 0.29) is 0 Å². The van der Waals surface area contributed by atoms with E-state index in [1.807, 2.05) is 18.0 Å². The second-order valence-corrected chi connectivity index (χ2v) is 6.14. The highest BCUT2D eigenvalue weighted by Crippen LogP contribution is 2.31. The minimum atomic E-state index is 0.770. The van der Waals surface area contributed by atoms with Crippen molar-refractivity contribution in [3.63, 3.8) is 0 Å². The summed E-state index contributed by atoms with van der Waals surface area (Å²) in [5, 5.41) is 0.770. The maximum absolute atomic E-state index is 4.26. The summed E-state index contributed by atoms with van der Waals surface area (Å²) in [5.41, 5.74) is 1.40. The fourth-order valence-corrected chi connectivity index (χ4v) is 3.64. The Morgan fingerprint density at radius 2 is 1.89 bits per heavy atom. The molecule has 0 saturated carbocycles. The fraction of sp³-hybridized carbons (Fsp3) is 0.400. The van der Waals surface area contributed by atoms with Crippen LogP contribution in [0.5, 0.6) is 0 Å². The van der Waals surface area contributed by atoms with Crippen LogP contribution in [0.3, 0.4) is 0 Å². The van der Waals surface area contributed by atoms with Gasteiger partial charge < -0.3 is 4.90 Å². The van der Waals surface area contributed by atoms with Crippen LogP contribution in [0.4, 0.5) is 0 Å². The molecule has 2 aliphatic heterocycles. The van der Waals surface area contributed by atoms with E-state index in [4.69, 9.17) is 0 Å². The van der Waals surface area contributed by atoms with Crippen molar-refractivity contribution in [3.8, 4) is 0 Å². The number of likely N-dealkylation sites (tertiary alicyclic amines) is 1. The molecule has 3 rings (SSSR count). The first-order chi connectivity index (χ1) is 8.92. The molecule has 1 fully saturated rings. The van der Waals surface area contributed by atoms with E-state index in [0.717, 1.165) is 11.8 Å². The van der Waals surface area contributed by atoms with Gasteiger partial charge in [0, 0.05) is 35.1 Å². The molecule has 94 valence electrons. The van der Waals surface area contributed by atoms with Crippen molar-refractivity contribution < 1.29 is 0 Å². The van der Waals surface area contributed by atoms with Gasteiger partial charge in [-0.2, -0.15) is 0 Å². The highest BCUT2D eigenvalue weighted by atomic mass is 32.2. The minimum absolute atomic E-state index is 0.770. The molecule has 0 atom stereocenters.